The Morgan fingerprint density at radius 3 is 2.35 bits per heavy atom. The highest BCUT2D eigenvalue weighted by atomic mass is 35.5. The Hall–Kier alpha value is -2.86. The van der Waals surface area contributed by atoms with Crippen LogP contribution in [0.5, 0.6) is 0 Å². The number of amides is 4. The van der Waals surface area contributed by atoms with Crippen LogP contribution in [-0.4, -0.2) is 28.8 Å². The topological polar surface area (TPSA) is 78.5 Å². The summed E-state index contributed by atoms with van der Waals surface area (Å²) >= 11 is 5.82. The number of hydrogen-bond acceptors (Lipinski definition) is 3. The molecule has 7 heteroatoms. The molecule has 26 heavy (non-hydrogen) atoms. The lowest BCUT2D eigenvalue weighted by Gasteiger charge is -2.24. The van der Waals surface area contributed by atoms with Gasteiger partial charge in [-0.3, -0.25) is 9.59 Å². The number of urea groups is 1. The average Bonchev–Trinajstić information content (AvgIpc) is 2.87. The van der Waals surface area contributed by atoms with Crippen molar-refractivity contribution in [1.29, 1.82) is 0 Å². The predicted octanol–water partition coefficient (Wildman–Crippen LogP) is 3.13. The molecule has 1 fully saturated rings. The van der Waals surface area contributed by atoms with Gasteiger partial charge in [0, 0.05) is 10.7 Å². The molecule has 0 spiro atoms. The third kappa shape index (κ3) is 3.15. The molecule has 0 bridgehead atoms. The zero-order valence-corrected chi connectivity index (χ0v) is 15.1. The number of carbonyl (C=O) groups is 3. The van der Waals surface area contributed by atoms with E-state index in [1.165, 1.54) is 6.92 Å². The van der Waals surface area contributed by atoms with Gasteiger partial charge in [0.2, 0.25) is 5.91 Å². The van der Waals surface area contributed by atoms with Crippen molar-refractivity contribution in [3.63, 3.8) is 0 Å². The Bertz CT molecular complexity index is 854. The molecule has 2 aromatic carbocycles. The van der Waals surface area contributed by atoms with Crippen LogP contribution in [0.15, 0.2) is 54.6 Å². The Kier molecular flexibility index (Phi) is 4.70. The third-order valence-corrected chi connectivity index (χ3v) is 4.70. The lowest BCUT2D eigenvalue weighted by Crippen LogP contribution is -2.47. The van der Waals surface area contributed by atoms with Crippen LogP contribution < -0.4 is 10.6 Å². The van der Waals surface area contributed by atoms with E-state index in [-0.39, 0.29) is 0 Å². The standard InChI is InChI=1S/C19H18ClN3O3/c1-12(16(24)21-15-10-8-14(20)9-11-15)23-17(25)19(2,22-18(23)26)13-6-4-3-5-7-13/h3-12H,1-2H3,(H,21,24)(H,22,26)/t12-,19+/m1/s1. The number of halogens is 1. The van der Waals surface area contributed by atoms with Gasteiger partial charge in [0.25, 0.3) is 5.91 Å². The van der Waals surface area contributed by atoms with Gasteiger partial charge in [-0.1, -0.05) is 41.9 Å². The minimum atomic E-state index is -1.20. The highest BCUT2D eigenvalue weighted by molar-refractivity contribution is 6.30. The molecule has 3 rings (SSSR count). The van der Waals surface area contributed by atoms with Crippen molar-refractivity contribution in [3.05, 3.63) is 65.2 Å². The second-order valence-electron chi connectivity index (χ2n) is 6.27. The van der Waals surface area contributed by atoms with Gasteiger partial charge in [0.15, 0.2) is 0 Å². The first-order valence-electron chi connectivity index (χ1n) is 8.10. The van der Waals surface area contributed by atoms with E-state index in [0.717, 1.165) is 4.90 Å². The van der Waals surface area contributed by atoms with Gasteiger partial charge in [-0.25, -0.2) is 9.69 Å². The highest BCUT2D eigenvalue weighted by Gasteiger charge is 2.51. The van der Waals surface area contributed by atoms with Crippen molar-refractivity contribution in [1.82, 2.24) is 10.2 Å². The molecule has 0 unspecified atom stereocenters. The fourth-order valence-corrected chi connectivity index (χ4v) is 3.00. The highest BCUT2D eigenvalue weighted by Crippen LogP contribution is 2.30. The zero-order valence-electron chi connectivity index (χ0n) is 14.3. The molecule has 0 aromatic heterocycles. The SMILES string of the molecule is C[C@H](C(=O)Nc1ccc(Cl)cc1)N1C(=O)N[C@@](C)(c2ccccc2)C1=O. The van der Waals surface area contributed by atoms with Crippen molar-refractivity contribution in [2.45, 2.75) is 25.4 Å². The summed E-state index contributed by atoms with van der Waals surface area (Å²) in [6.45, 7) is 3.14. The second kappa shape index (κ2) is 6.80. The normalized spacial score (nSPS) is 20.7. The van der Waals surface area contributed by atoms with Gasteiger partial charge in [0.1, 0.15) is 11.6 Å². The molecule has 0 radical (unpaired) electrons. The van der Waals surface area contributed by atoms with E-state index < -0.39 is 29.4 Å². The number of hydrogen-bond donors (Lipinski definition) is 2. The van der Waals surface area contributed by atoms with Crippen LogP contribution in [-0.2, 0) is 15.1 Å². The lowest BCUT2D eigenvalue weighted by molar-refractivity contribution is -0.136. The number of benzene rings is 2. The van der Waals surface area contributed by atoms with Crippen molar-refractivity contribution in [2.75, 3.05) is 5.32 Å². The summed E-state index contributed by atoms with van der Waals surface area (Å²) in [7, 11) is 0. The van der Waals surface area contributed by atoms with Gasteiger partial charge in [0.05, 0.1) is 0 Å². The molecular formula is C19H18ClN3O3. The number of anilines is 1. The minimum absolute atomic E-state index is 0.465. The molecule has 0 saturated carbocycles. The molecule has 4 amide bonds. The fraction of sp³-hybridized carbons (Fsp3) is 0.211. The smallest absolute Gasteiger partial charge is 0.324 e. The minimum Gasteiger partial charge on any atom is -0.324 e. The maximum absolute atomic E-state index is 12.9. The first-order chi connectivity index (χ1) is 12.3. The van der Waals surface area contributed by atoms with Gasteiger partial charge in [-0.2, -0.15) is 0 Å². The zero-order chi connectivity index (χ0) is 18.9. The summed E-state index contributed by atoms with van der Waals surface area (Å²) in [6, 6.07) is 13.9. The van der Waals surface area contributed by atoms with Gasteiger partial charge in [-0.05, 0) is 43.7 Å². The Morgan fingerprint density at radius 1 is 1.12 bits per heavy atom. The molecule has 1 heterocycles. The van der Waals surface area contributed by atoms with Crippen molar-refractivity contribution < 1.29 is 14.4 Å². The molecular weight excluding hydrogens is 354 g/mol. The summed E-state index contributed by atoms with van der Waals surface area (Å²) in [5.74, 6) is -0.930. The first-order valence-corrected chi connectivity index (χ1v) is 8.48. The molecule has 1 saturated heterocycles. The molecule has 1 aliphatic heterocycles. The van der Waals surface area contributed by atoms with Crippen LogP contribution in [0.2, 0.25) is 5.02 Å². The summed E-state index contributed by atoms with van der Waals surface area (Å²) < 4.78 is 0. The molecule has 1 aliphatic rings. The van der Waals surface area contributed by atoms with E-state index >= 15 is 0 Å². The van der Waals surface area contributed by atoms with E-state index in [9.17, 15) is 14.4 Å². The van der Waals surface area contributed by atoms with Crippen LogP contribution in [0.25, 0.3) is 0 Å². The summed E-state index contributed by atoms with van der Waals surface area (Å²) in [5.41, 5.74) is -0.0112. The molecule has 2 N–H and O–H groups in total. The van der Waals surface area contributed by atoms with E-state index in [1.807, 2.05) is 6.07 Å². The van der Waals surface area contributed by atoms with E-state index in [4.69, 9.17) is 11.6 Å². The quantitative estimate of drug-likeness (QED) is 0.810. The van der Waals surface area contributed by atoms with Crippen molar-refractivity contribution in [3.8, 4) is 0 Å². The van der Waals surface area contributed by atoms with E-state index in [1.54, 1.807) is 55.5 Å². The van der Waals surface area contributed by atoms with Crippen LogP contribution in [0.1, 0.15) is 19.4 Å². The molecule has 2 atom stereocenters. The summed E-state index contributed by atoms with van der Waals surface area (Å²) in [6.07, 6.45) is 0. The summed E-state index contributed by atoms with van der Waals surface area (Å²) in [5, 5.41) is 5.92. The van der Waals surface area contributed by atoms with Crippen LogP contribution in [0.3, 0.4) is 0 Å². The lowest BCUT2D eigenvalue weighted by atomic mass is 9.92. The fourth-order valence-electron chi connectivity index (χ4n) is 2.88. The second-order valence-corrected chi connectivity index (χ2v) is 6.70. The van der Waals surface area contributed by atoms with E-state index in [2.05, 4.69) is 10.6 Å². The van der Waals surface area contributed by atoms with Crippen LogP contribution in [0, 0.1) is 0 Å². The maximum Gasteiger partial charge on any atom is 0.326 e. The van der Waals surface area contributed by atoms with Crippen LogP contribution >= 0.6 is 11.6 Å². The molecule has 134 valence electrons. The largest absolute Gasteiger partial charge is 0.326 e. The number of nitrogens with one attached hydrogen (secondary N) is 2. The Morgan fingerprint density at radius 2 is 1.73 bits per heavy atom. The molecule has 6 nitrogen and oxygen atoms in total. The average molecular weight is 372 g/mol. The van der Waals surface area contributed by atoms with E-state index in [0.29, 0.717) is 16.3 Å². The Labute approximate surface area is 156 Å². The van der Waals surface area contributed by atoms with Gasteiger partial charge < -0.3 is 10.6 Å². The maximum atomic E-state index is 12.9. The van der Waals surface area contributed by atoms with Gasteiger partial charge >= 0.3 is 6.03 Å². The number of nitrogens with zero attached hydrogens (tertiary/aromatic N) is 1. The number of rotatable bonds is 4. The van der Waals surface area contributed by atoms with Crippen LogP contribution in [0.4, 0.5) is 10.5 Å². The molecule has 0 aliphatic carbocycles. The van der Waals surface area contributed by atoms with Crippen molar-refractivity contribution >= 4 is 35.1 Å². The third-order valence-electron chi connectivity index (χ3n) is 4.45. The summed E-state index contributed by atoms with van der Waals surface area (Å²) in [4.78, 5) is 38.8. The molecule has 2 aromatic rings. The monoisotopic (exact) mass is 371 g/mol. The number of imide groups is 1. The van der Waals surface area contributed by atoms with Crippen molar-refractivity contribution in [2.24, 2.45) is 0 Å². The Balaban J connectivity index is 1.80. The number of carbonyl (C=O) groups excluding carboxylic acids is 3. The first kappa shape index (κ1) is 17.9. The van der Waals surface area contributed by atoms with Gasteiger partial charge in [-0.15, -0.1) is 0 Å². The predicted molar refractivity (Wildman–Crippen MR) is 98.7 cm³/mol.